The summed E-state index contributed by atoms with van der Waals surface area (Å²) in [5, 5.41) is 10.2. The smallest absolute Gasteiger partial charge is 0.416 e. The summed E-state index contributed by atoms with van der Waals surface area (Å²) in [5.74, 6) is -0.0851. The van der Waals surface area contributed by atoms with Crippen LogP contribution in [0, 0.1) is 10.5 Å². The number of halogens is 4. The molecule has 0 fully saturated rings. The maximum Gasteiger partial charge on any atom is 0.416 e. The monoisotopic (exact) mass is 557 g/mol. The lowest BCUT2D eigenvalue weighted by atomic mass is 10.0. The number of aryl methyl sites for hydroxylation is 1. The molecule has 4 nitrogen and oxygen atoms in total. The quantitative estimate of drug-likeness (QED) is 0.359. The van der Waals surface area contributed by atoms with E-state index >= 15 is 0 Å². The zero-order valence-electron chi connectivity index (χ0n) is 16.0. The zero-order valence-corrected chi connectivity index (χ0v) is 19.0. The number of aliphatic imine (C=N–C) groups is 1. The maximum atomic E-state index is 13.3. The summed E-state index contributed by atoms with van der Waals surface area (Å²) in [6.07, 6.45) is -4.30. The van der Waals surface area contributed by atoms with Crippen LogP contribution in [0.3, 0.4) is 0 Å². The lowest BCUT2D eigenvalue weighted by Crippen LogP contribution is -2.17. The molecule has 1 N–H and O–H groups in total. The van der Waals surface area contributed by atoms with Gasteiger partial charge in [-0.15, -0.1) is 11.8 Å². The minimum atomic E-state index is -4.53. The molecular weight excluding hydrogens is 542 g/mol. The van der Waals surface area contributed by atoms with Crippen LogP contribution in [0.2, 0.25) is 0 Å². The van der Waals surface area contributed by atoms with Crippen molar-refractivity contribution in [3.8, 4) is 5.75 Å². The molecule has 0 aliphatic carbocycles. The van der Waals surface area contributed by atoms with E-state index in [1.807, 2.05) is 24.3 Å². The molecule has 0 spiro atoms. The summed E-state index contributed by atoms with van der Waals surface area (Å²) < 4.78 is 46.0. The van der Waals surface area contributed by atoms with Gasteiger partial charge in [-0.1, -0.05) is 12.1 Å². The van der Waals surface area contributed by atoms with Crippen molar-refractivity contribution in [2.75, 3.05) is 0 Å². The molecule has 0 radical (unpaired) electrons. The zero-order chi connectivity index (χ0) is 22.3. The second-order valence-electron chi connectivity index (χ2n) is 7.01. The van der Waals surface area contributed by atoms with E-state index in [1.165, 1.54) is 30.8 Å². The summed E-state index contributed by atoms with van der Waals surface area (Å²) in [6.45, 7) is 1.52. The van der Waals surface area contributed by atoms with E-state index in [-0.39, 0.29) is 40.1 Å². The number of fused-ring (bicyclic) bond motifs is 1. The largest absolute Gasteiger partial charge is 0.507 e. The number of alkyl halides is 3. The number of benzene rings is 2. The molecule has 0 saturated heterocycles. The van der Waals surface area contributed by atoms with Crippen LogP contribution in [-0.2, 0) is 6.18 Å². The minimum Gasteiger partial charge on any atom is -0.507 e. The Morgan fingerprint density at radius 2 is 1.97 bits per heavy atom. The number of rotatable bonds is 2. The van der Waals surface area contributed by atoms with E-state index in [1.54, 1.807) is 0 Å². The van der Waals surface area contributed by atoms with Crippen molar-refractivity contribution < 1.29 is 22.7 Å². The summed E-state index contributed by atoms with van der Waals surface area (Å²) >= 11 is 3.56. The third-order valence-corrected chi connectivity index (χ3v) is 6.75. The van der Waals surface area contributed by atoms with Crippen molar-refractivity contribution in [3.63, 3.8) is 0 Å². The van der Waals surface area contributed by atoms with Gasteiger partial charge >= 0.3 is 11.8 Å². The number of nitrogens with zero attached hydrogens (tertiary/aromatic N) is 1. The predicted octanol–water partition coefficient (Wildman–Crippen LogP) is 6.64. The molecule has 9 heteroatoms. The second-order valence-corrected chi connectivity index (χ2v) is 9.50. The molecule has 2 aromatic carbocycles. The van der Waals surface area contributed by atoms with Crippen molar-refractivity contribution in [2.45, 2.75) is 29.7 Å². The van der Waals surface area contributed by atoms with Gasteiger partial charge in [0.05, 0.1) is 17.0 Å². The van der Waals surface area contributed by atoms with Crippen LogP contribution in [0.15, 0.2) is 67.6 Å². The number of aromatic hydroxyl groups is 1. The van der Waals surface area contributed by atoms with Crippen LogP contribution in [0.1, 0.15) is 34.1 Å². The fourth-order valence-corrected chi connectivity index (χ4v) is 5.12. The number of hydrogen-bond acceptors (Lipinski definition) is 5. The Balaban J connectivity index is 1.92. The third kappa shape index (κ3) is 4.67. The molecule has 160 valence electrons. The van der Waals surface area contributed by atoms with E-state index in [0.29, 0.717) is 4.90 Å². The Labute approximate surface area is 193 Å². The van der Waals surface area contributed by atoms with Crippen LogP contribution >= 0.6 is 34.4 Å². The summed E-state index contributed by atoms with van der Waals surface area (Å²) in [5.41, 5.74) is -0.524. The van der Waals surface area contributed by atoms with E-state index in [9.17, 15) is 23.1 Å². The van der Waals surface area contributed by atoms with E-state index < -0.39 is 17.4 Å². The Hall–Kier alpha value is -2.27. The van der Waals surface area contributed by atoms with E-state index in [4.69, 9.17) is 4.42 Å². The van der Waals surface area contributed by atoms with Gasteiger partial charge in [0.25, 0.3) is 0 Å². The number of thioether (sulfide) groups is 1. The van der Waals surface area contributed by atoms with Gasteiger partial charge in [0.15, 0.2) is 0 Å². The van der Waals surface area contributed by atoms with Gasteiger partial charge in [-0.2, -0.15) is 13.2 Å². The van der Waals surface area contributed by atoms with Crippen molar-refractivity contribution in [1.82, 2.24) is 0 Å². The molecule has 31 heavy (non-hydrogen) atoms. The highest BCUT2D eigenvalue weighted by Crippen LogP contribution is 2.47. The minimum absolute atomic E-state index is 0.0994. The third-order valence-electron chi connectivity index (χ3n) is 4.75. The average Bonchev–Trinajstić information content (AvgIpc) is 2.85. The second kappa shape index (κ2) is 8.34. The predicted molar refractivity (Wildman–Crippen MR) is 121 cm³/mol. The number of hydrogen-bond donors (Lipinski definition) is 1. The van der Waals surface area contributed by atoms with Crippen LogP contribution in [0.4, 0.5) is 18.9 Å². The molecule has 4 rings (SSSR count). The van der Waals surface area contributed by atoms with Crippen molar-refractivity contribution in [1.29, 1.82) is 0 Å². The molecule has 0 amide bonds. The molecule has 3 aromatic rings. The molecule has 0 bridgehead atoms. The van der Waals surface area contributed by atoms with Crippen molar-refractivity contribution in [3.05, 3.63) is 85.0 Å². The van der Waals surface area contributed by atoms with Crippen LogP contribution in [-0.4, -0.2) is 10.8 Å². The highest BCUT2D eigenvalue weighted by atomic mass is 127. The van der Waals surface area contributed by atoms with E-state index in [2.05, 4.69) is 27.6 Å². The molecule has 1 aliphatic rings. The Morgan fingerprint density at radius 1 is 1.19 bits per heavy atom. The van der Waals surface area contributed by atoms with Crippen molar-refractivity contribution in [2.24, 2.45) is 4.99 Å². The summed E-state index contributed by atoms with van der Waals surface area (Å²) in [4.78, 5) is 17.5. The first kappa shape index (κ1) is 21.9. The molecule has 1 aromatic heterocycles. The van der Waals surface area contributed by atoms with Gasteiger partial charge in [-0.05, 0) is 65.4 Å². The molecule has 0 unspecified atom stereocenters. The molecule has 1 aliphatic heterocycles. The van der Waals surface area contributed by atoms with E-state index in [0.717, 1.165) is 21.3 Å². The van der Waals surface area contributed by atoms with Gasteiger partial charge in [0, 0.05) is 26.2 Å². The Bertz CT molecular complexity index is 1250. The normalized spacial score (nSPS) is 16.4. The van der Waals surface area contributed by atoms with Crippen LogP contribution < -0.4 is 5.63 Å². The molecular formula is C22H15F3INO3S. The molecule has 1 atom stereocenters. The summed E-state index contributed by atoms with van der Waals surface area (Å²) in [6, 6.07) is 12.4. The SMILES string of the molecule is Cc1cc(O)c(C2=Nc3cc(C(F)(F)F)ccc3S[C@H](c3cccc(I)c3)C2)c(=O)o1. The highest BCUT2D eigenvalue weighted by Gasteiger charge is 2.33. The lowest BCUT2D eigenvalue weighted by Gasteiger charge is -2.17. The first-order valence-corrected chi connectivity index (χ1v) is 11.1. The Morgan fingerprint density at radius 3 is 2.65 bits per heavy atom. The van der Waals surface area contributed by atoms with Gasteiger partial charge in [-0.25, -0.2) is 4.79 Å². The standard InChI is InChI=1S/C22H15F3INO3S/c1-11-7-17(28)20(21(29)30-11)16-10-19(12-3-2-4-14(26)8-12)31-18-6-5-13(22(23,24)25)9-15(18)27-16/h2-9,19,28H,10H2,1H3/t19-/m0/s1. The molecule has 0 saturated carbocycles. The maximum absolute atomic E-state index is 13.3. The first-order chi connectivity index (χ1) is 14.6. The molecule has 2 heterocycles. The van der Waals surface area contributed by atoms with Gasteiger partial charge in [0.1, 0.15) is 17.1 Å². The fourth-order valence-electron chi connectivity index (χ4n) is 3.35. The van der Waals surface area contributed by atoms with Crippen LogP contribution in [0.5, 0.6) is 5.75 Å². The average molecular weight is 557 g/mol. The lowest BCUT2D eigenvalue weighted by molar-refractivity contribution is -0.137. The van der Waals surface area contributed by atoms with Gasteiger partial charge < -0.3 is 9.52 Å². The van der Waals surface area contributed by atoms with Gasteiger partial charge in [-0.3, -0.25) is 4.99 Å². The highest BCUT2D eigenvalue weighted by molar-refractivity contribution is 14.1. The summed E-state index contributed by atoms with van der Waals surface area (Å²) in [7, 11) is 0. The fraction of sp³-hybridized carbons (Fsp3) is 0.182. The van der Waals surface area contributed by atoms with Gasteiger partial charge in [0.2, 0.25) is 0 Å². The topological polar surface area (TPSA) is 62.8 Å². The van der Waals surface area contributed by atoms with Crippen LogP contribution in [0.25, 0.3) is 0 Å². The first-order valence-electron chi connectivity index (χ1n) is 9.17. The Kier molecular flexibility index (Phi) is 5.91. The van der Waals surface area contributed by atoms with Crippen molar-refractivity contribution >= 4 is 45.8 Å².